The van der Waals surface area contributed by atoms with Gasteiger partial charge in [0.2, 0.25) is 0 Å². The molecule has 5 nitrogen and oxygen atoms in total. The van der Waals surface area contributed by atoms with E-state index in [1.807, 2.05) is 18.2 Å². The summed E-state index contributed by atoms with van der Waals surface area (Å²) in [4.78, 5) is 14.8. The van der Waals surface area contributed by atoms with E-state index >= 15 is 0 Å². The van der Waals surface area contributed by atoms with Crippen LogP contribution in [0.1, 0.15) is 28.3 Å². The highest BCUT2D eigenvalue weighted by atomic mass is 16.5. The number of benzene rings is 3. The molecule has 0 aliphatic carbocycles. The second-order valence-electron chi connectivity index (χ2n) is 9.02. The molecular formula is C29H35N3O2. The molecule has 0 saturated carbocycles. The van der Waals surface area contributed by atoms with E-state index in [4.69, 9.17) is 4.74 Å². The third-order valence-corrected chi connectivity index (χ3v) is 6.44. The lowest BCUT2D eigenvalue weighted by atomic mass is 9.96. The Bertz CT molecular complexity index is 1040. The molecule has 2 atom stereocenters. The van der Waals surface area contributed by atoms with Crippen LogP contribution in [-0.2, 0) is 16.0 Å². The molecule has 1 heterocycles. The largest absolute Gasteiger partial charge is 0.383 e. The molecule has 0 amide bonds. The van der Waals surface area contributed by atoms with Crippen LogP contribution in [0.5, 0.6) is 0 Å². The summed E-state index contributed by atoms with van der Waals surface area (Å²) in [6, 6.07) is 24.8. The molecule has 0 aromatic heterocycles. The number of anilines is 2. The molecule has 5 heteroatoms. The summed E-state index contributed by atoms with van der Waals surface area (Å²) in [7, 11) is 0. The van der Waals surface area contributed by atoms with Crippen molar-refractivity contribution >= 4 is 17.7 Å². The van der Waals surface area contributed by atoms with Gasteiger partial charge in [-0.1, -0.05) is 71.8 Å². The molecule has 0 bridgehead atoms. The Morgan fingerprint density at radius 1 is 0.882 bits per heavy atom. The van der Waals surface area contributed by atoms with Crippen molar-refractivity contribution in [3.8, 4) is 0 Å². The number of morpholine rings is 1. The lowest BCUT2D eigenvalue weighted by Crippen LogP contribution is -2.46. The lowest BCUT2D eigenvalue weighted by molar-refractivity contribution is -0.110. The Balaban J connectivity index is 1.51. The van der Waals surface area contributed by atoms with Gasteiger partial charge in [0, 0.05) is 19.6 Å². The summed E-state index contributed by atoms with van der Waals surface area (Å²) < 4.78 is 5.58. The maximum atomic E-state index is 12.4. The summed E-state index contributed by atoms with van der Waals surface area (Å²) in [6.07, 6.45) is 1.98. The first-order valence-corrected chi connectivity index (χ1v) is 12.1. The van der Waals surface area contributed by atoms with Gasteiger partial charge in [-0.05, 0) is 43.5 Å². The zero-order chi connectivity index (χ0) is 23.8. The van der Waals surface area contributed by atoms with Crippen molar-refractivity contribution in [3.05, 3.63) is 95.1 Å². The van der Waals surface area contributed by atoms with Crippen LogP contribution in [0.4, 0.5) is 11.4 Å². The van der Waals surface area contributed by atoms with Crippen molar-refractivity contribution in [2.45, 2.75) is 32.4 Å². The zero-order valence-corrected chi connectivity index (χ0v) is 20.2. The molecule has 1 unspecified atom stereocenters. The molecule has 1 aliphatic rings. The minimum Gasteiger partial charge on any atom is -0.383 e. The maximum absolute atomic E-state index is 12.4. The fraction of sp³-hybridized carbons (Fsp3) is 0.345. The smallest absolute Gasteiger partial charge is 0.144 e. The van der Waals surface area contributed by atoms with Crippen molar-refractivity contribution in [2.24, 2.45) is 0 Å². The average Bonchev–Trinajstić information content (AvgIpc) is 2.87. The summed E-state index contributed by atoms with van der Waals surface area (Å²) >= 11 is 0. The zero-order valence-electron chi connectivity index (χ0n) is 20.2. The van der Waals surface area contributed by atoms with Crippen LogP contribution in [0.15, 0.2) is 72.8 Å². The number of hydrogen-bond donors (Lipinski definition) is 2. The van der Waals surface area contributed by atoms with E-state index in [-0.39, 0.29) is 12.1 Å². The van der Waals surface area contributed by atoms with Crippen LogP contribution in [0.25, 0.3) is 0 Å². The molecular weight excluding hydrogens is 422 g/mol. The van der Waals surface area contributed by atoms with E-state index in [0.717, 1.165) is 49.3 Å². The number of carbonyl (C=O) groups is 1. The highest BCUT2D eigenvalue weighted by Gasteiger charge is 2.30. The van der Waals surface area contributed by atoms with E-state index < -0.39 is 0 Å². The Morgan fingerprint density at radius 3 is 2.15 bits per heavy atom. The van der Waals surface area contributed by atoms with E-state index in [1.54, 1.807) is 0 Å². The number of para-hydroxylation sites is 2. The maximum Gasteiger partial charge on any atom is 0.144 e. The van der Waals surface area contributed by atoms with Gasteiger partial charge in [-0.2, -0.15) is 0 Å². The summed E-state index contributed by atoms with van der Waals surface area (Å²) in [6.45, 7) is 7.99. The molecule has 3 aromatic carbocycles. The van der Waals surface area contributed by atoms with Crippen molar-refractivity contribution in [1.82, 2.24) is 4.90 Å². The van der Waals surface area contributed by atoms with Gasteiger partial charge in [-0.15, -0.1) is 0 Å². The monoisotopic (exact) mass is 457 g/mol. The van der Waals surface area contributed by atoms with Crippen LogP contribution in [0, 0.1) is 13.8 Å². The first-order valence-electron chi connectivity index (χ1n) is 12.1. The Labute approximate surface area is 203 Å². The quantitative estimate of drug-likeness (QED) is 0.419. The lowest BCUT2D eigenvalue weighted by Gasteiger charge is -2.38. The number of rotatable bonds is 10. The molecule has 0 radical (unpaired) electrons. The van der Waals surface area contributed by atoms with Gasteiger partial charge >= 0.3 is 0 Å². The molecule has 2 N–H and O–H groups in total. The highest BCUT2D eigenvalue weighted by molar-refractivity contribution is 5.74. The van der Waals surface area contributed by atoms with Gasteiger partial charge in [-0.25, -0.2) is 0 Å². The molecule has 0 spiro atoms. The topological polar surface area (TPSA) is 53.6 Å². The van der Waals surface area contributed by atoms with E-state index in [2.05, 4.69) is 84.0 Å². The predicted molar refractivity (Wildman–Crippen MR) is 140 cm³/mol. The minimum atomic E-state index is -0.388. The van der Waals surface area contributed by atoms with Gasteiger partial charge in [0.1, 0.15) is 12.3 Å². The molecule has 1 fully saturated rings. The number of aryl methyl sites for hydroxylation is 2. The normalized spacial score (nSPS) is 15.9. The Kier molecular flexibility index (Phi) is 8.34. The number of carbonyl (C=O) groups excluding carboxylic acids is 1. The number of aldehydes is 1. The molecule has 34 heavy (non-hydrogen) atoms. The minimum absolute atomic E-state index is 0.0670. The van der Waals surface area contributed by atoms with Crippen LogP contribution in [-0.4, -0.2) is 50.1 Å². The van der Waals surface area contributed by atoms with Crippen molar-refractivity contribution in [2.75, 3.05) is 43.5 Å². The van der Waals surface area contributed by atoms with Gasteiger partial charge in [0.05, 0.1) is 30.6 Å². The summed E-state index contributed by atoms with van der Waals surface area (Å²) in [5.41, 5.74) is 6.88. The van der Waals surface area contributed by atoms with Gasteiger partial charge in [-0.3, -0.25) is 4.90 Å². The Morgan fingerprint density at radius 2 is 1.50 bits per heavy atom. The van der Waals surface area contributed by atoms with Crippen molar-refractivity contribution in [1.29, 1.82) is 0 Å². The second-order valence-corrected chi connectivity index (χ2v) is 9.02. The molecule has 1 saturated heterocycles. The number of hydrogen-bond acceptors (Lipinski definition) is 5. The van der Waals surface area contributed by atoms with E-state index in [1.165, 1.54) is 16.7 Å². The van der Waals surface area contributed by atoms with Crippen molar-refractivity contribution in [3.63, 3.8) is 0 Å². The number of nitrogens with zero attached hydrogens (tertiary/aromatic N) is 1. The molecule has 178 valence electrons. The molecule has 1 aliphatic heterocycles. The highest BCUT2D eigenvalue weighted by Crippen LogP contribution is 2.30. The summed E-state index contributed by atoms with van der Waals surface area (Å²) in [5.74, 6) is 0. The van der Waals surface area contributed by atoms with E-state index in [9.17, 15) is 4.79 Å². The molecule has 4 rings (SSSR count). The second kappa shape index (κ2) is 11.8. The fourth-order valence-corrected chi connectivity index (χ4v) is 4.49. The van der Waals surface area contributed by atoms with Gasteiger partial charge in [0.25, 0.3) is 0 Å². The van der Waals surface area contributed by atoms with Crippen LogP contribution in [0.2, 0.25) is 0 Å². The third-order valence-electron chi connectivity index (χ3n) is 6.44. The molecule has 3 aromatic rings. The van der Waals surface area contributed by atoms with E-state index in [0.29, 0.717) is 13.2 Å². The number of ether oxygens (including phenoxy) is 1. The van der Waals surface area contributed by atoms with Crippen LogP contribution < -0.4 is 10.6 Å². The third kappa shape index (κ3) is 6.25. The average molecular weight is 458 g/mol. The fourth-order valence-electron chi connectivity index (χ4n) is 4.49. The predicted octanol–water partition coefficient (Wildman–Crippen LogP) is 5.01. The van der Waals surface area contributed by atoms with Crippen molar-refractivity contribution < 1.29 is 9.53 Å². The summed E-state index contributed by atoms with van der Waals surface area (Å²) in [5, 5.41) is 7.11. The SMILES string of the molecule is Cc1ccc(CCNc2ccccc2N[C@H](C=O)C(c2ccc(C)cc2)N2CCOCC2)cc1. The van der Waals surface area contributed by atoms with Crippen LogP contribution in [0.3, 0.4) is 0 Å². The first kappa shape index (κ1) is 24.0. The van der Waals surface area contributed by atoms with Gasteiger partial charge in [0.15, 0.2) is 0 Å². The first-order chi connectivity index (χ1) is 16.6. The standard InChI is InChI=1S/C29H35N3O2/c1-22-7-11-24(12-8-22)15-16-30-26-5-3-4-6-27(26)31-28(21-33)29(32-17-19-34-20-18-32)25-13-9-23(2)10-14-25/h3-14,21,28-31H,15-20H2,1-2H3/t28-,29?/m1/s1. The van der Waals surface area contributed by atoms with Crippen LogP contribution >= 0.6 is 0 Å². The van der Waals surface area contributed by atoms with Gasteiger partial charge < -0.3 is 20.2 Å². The number of nitrogens with one attached hydrogen (secondary N) is 2. The Hall–Kier alpha value is -3.15.